The third-order valence-electron chi connectivity index (χ3n) is 4.97. The molecule has 0 aliphatic heterocycles. The number of carbonyl (C=O) groups excluding carboxylic acids is 2. The number of nitrogens with one attached hydrogen (secondary N) is 1. The molecule has 166 valence electrons. The summed E-state index contributed by atoms with van der Waals surface area (Å²) in [7, 11) is 0. The second kappa shape index (κ2) is 16.8. The number of rotatable bonds is 18. The Hall–Kier alpha value is -1.14. The van der Waals surface area contributed by atoms with Crippen molar-refractivity contribution in [3.63, 3.8) is 0 Å². The van der Waals surface area contributed by atoms with Crippen molar-refractivity contribution < 1.29 is 24.2 Å². The Morgan fingerprint density at radius 2 is 1.61 bits per heavy atom. The average molecular weight is 402 g/mol. The van der Waals surface area contributed by atoms with Crippen LogP contribution in [0.1, 0.15) is 98.3 Å². The summed E-state index contributed by atoms with van der Waals surface area (Å²) in [5, 5.41) is 13.4. The van der Waals surface area contributed by atoms with Crippen molar-refractivity contribution in [2.75, 3.05) is 19.8 Å². The normalized spacial score (nSPS) is 14.3. The van der Waals surface area contributed by atoms with E-state index in [-0.39, 0.29) is 18.0 Å². The van der Waals surface area contributed by atoms with E-state index in [0.29, 0.717) is 39.0 Å². The lowest BCUT2D eigenvalue weighted by Gasteiger charge is -2.29. The van der Waals surface area contributed by atoms with Crippen LogP contribution in [0.25, 0.3) is 0 Å². The highest BCUT2D eigenvalue weighted by molar-refractivity contribution is 5.80. The Morgan fingerprint density at radius 1 is 0.929 bits per heavy atom. The second-order valence-electron chi connectivity index (χ2n) is 7.64. The molecule has 0 spiro atoms. The summed E-state index contributed by atoms with van der Waals surface area (Å²) >= 11 is 0. The van der Waals surface area contributed by atoms with Crippen LogP contribution < -0.4 is 5.32 Å². The molecule has 2 atom stereocenters. The number of carbonyl (C=O) groups is 2. The molecule has 0 amide bonds. The molecule has 2 N–H and O–H groups in total. The van der Waals surface area contributed by atoms with Crippen molar-refractivity contribution in [3.8, 4) is 0 Å². The van der Waals surface area contributed by atoms with Gasteiger partial charge in [0.25, 0.3) is 0 Å². The highest BCUT2D eigenvalue weighted by atomic mass is 16.5. The fraction of sp³-hybridized carbons (Fsp3) is 0.909. The van der Waals surface area contributed by atoms with Gasteiger partial charge >= 0.3 is 11.9 Å². The zero-order chi connectivity index (χ0) is 21.3. The molecule has 0 fully saturated rings. The molecular formula is C22H43NO5. The largest absolute Gasteiger partial charge is 0.466 e. The van der Waals surface area contributed by atoms with Crippen molar-refractivity contribution in [2.24, 2.45) is 0 Å². The molecule has 0 aromatic carbocycles. The predicted octanol–water partition coefficient (Wildman–Crippen LogP) is 4.13. The highest BCUT2D eigenvalue weighted by Gasteiger charge is 2.33. The van der Waals surface area contributed by atoms with Crippen LogP contribution in [0.5, 0.6) is 0 Å². The molecule has 0 aliphatic rings. The van der Waals surface area contributed by atoms with E-state index in [1.165, 1.54) is 0 Å². The summed E-state index contributed by atoms with van der Waals surface area (Å²) in [6.45, 7) is 9.02. The van der Waals surface area contributed by atoms with Gasteiger partial charge in [-0.2, -0.15) is 0 Å². The molecule has 0 saturated heterocycles. The van der Waals surface area contributed by atoms with Gasteiger partial charge in [-0.1, -0.05) is 45.4 Å². The van der Waals surface area contributed by atoms with Crippen molar-refractivity contribution in [2.45, 2.75) is 110 Å². The van der Waals surface area contributed by atoms with Crippen LogP contribution in [0.2, 0.25) is 0 Å². The van der Waals surface area contributed by atoms with Crippen LogP contribution in [-0.4, -0.2) is 48.4 Å². The number of esters is 2. The van der Waals surface area contributed by atoms with E-state index in [4.69, 9.17) is 9.47 Å². The molecule has 0 aromatic heterocycles. The van der Waals surface area contributed by atoms with Gasteiger partial charge < -0.3 is 19.9 Å². The maximum absolute atomic E-state index is 12.4. The fourth-order valence-corrected chi connectivity index (χ4v) is 3.18. The first-order valence-corrected chi connectivity index (χ1v) is 11.2. The minimum absolute atomic E-state index is 0.141. The Balaban J connectivity index is 4.25. The Labute approximate surface area is 171 Å². The Morgan fingerprint density at radius 3 is 2.25 bits per heavy atom. The Kier molecular flexibility index (Phi) is 16.1. The first-order valence-electron chi connectivity index (χ1n) is 11.2. The van der Waals surface area contributed by atoms with Gasteiger partial charge in [0.05, 0.1) is 19.3 Å². The molecule has 2 unspecified atom stereocenters. The van der Waals surface area contributed by atoms with Crippen LogP contribution >= 0.6 is 0 Å². The maximum atomic E-state index is 12.4. The second-order valence-corrected chi connectivity index (χ2v) is 7.64. The summed E-state index contributed by atoms with van der Waals surface area (Å²) in [4.78, 5) is 23.8. The molecule has 0 rings (SSSR count). The van der Waals surface area contributed by atoms with E-state index in [9.17, 15) is 14.7 Å². The van der Waals surface area contributed by atoms with Gasteiger partial charge in [-0.15, -0.1) is 0 Å². The van der Waals surface area contributed by atoms with Gasteiger partial charge in [0.2, 0.25) is 0 Å². The van der Waals surface area contributed by atoms with Gasteiger partial charge in [-0.05, 0) is 53.0 Å². The average Bonchev–Trinajstić information content (AvgIpc) is 2.65. The highest BCUT2D eigenvalue weighted by Crippen LogP contribution is 2.18. The lowest BCUT2D eigenvalue weighted by atomic mass is 9.93. The maximum Gasteiger partial charge on any atom is 0.326 e. The van der Waals surface area contributed by atoms with E-state index in [0.717, 1.165) is 51.4 Å². The summed E-state index contributed by atoms with van der Waals surface area (Å²) in [6.07, 6.45) is 9.16. The minimum Gasteiger partial charge on any atom is -0.466 e. The number of aliphatic hydroxyl groups is 1. The van der Waals surface area contributed by atoms with Crippen molar-refractivity contribution >= 4 is 11.9 Å². The van der Waals surface area contributed by atoms with Crippen LogP contribution in [0.15, 0.2) is 0 Å². The molecule has 28 heavy (non-hydrogen) atoms. The SMILES string of the molecule is CCCCCC(O)CCNC(C)(CCCCCCC(=O)OCC)C(=O)OCC. The molecule has 0 aromatic rings. The summed E-state index contributed by atoms with van der Waals surface area (Å²) in [6, 6.07) is 0. The standard InChI is InChI=1S/C22H43NO5/c1-5-8-11-14-19(24)16-18-23-22(4,21(26)28-7-3)17-13-10-9-12-15-20(25)27-6-2/h19,23-24H,5-18H2,1-4H3. The van der Waals surface area contributed by atoms with Crippen molar-refractivity contribution in [1.82, 2.24) is 5.32 Å². The zero-order valence-electron chi connectivity index (χ0n) is 18.6. The first-order chi connectivity index (χ1) is 13.4. The number of aliphatic hydroxyl groups excluding tert-OH is 1. The molecule has 6 nitrogen and oxygen atoms in total. The zero-order valence-corrected chi connectivity index (χ0v) is 18.6. The lowest BCUT2D eigenvalue weighted by molar-refractivity contribution is -0.151. The summed E-state index contributed by atoms with van der Waals surface area (Å²) in [5.41, 5.74) is -0.736. The molecule has 0 bridgehead atoms. The van der Waals surface area contributed by atoms with E-state index in [1.807, 2.05) is 20.8 Å². The third kappa shape index (κ3) is 13.1. The quantitative estimate of drug-likeness (QED) is 0.265. The monoisotopic (exact) mass is 401 g/mol. The smallest absolute Gasteiger partial charge is 0.326 e. The van der Waals surface area contributed by atoms with Crippen LogP contribution in [0, 0.1) is 0 Å². The topological polar surface area (TPSA) is 84.9 Å². The molecule has 0 saturated carbocycles. The lowest BCUT2D eigenvalue weighted by Crippen LogP contribution is -2.51. The van der Waals surface area contributed by atoms with E-state index < -0.39 is 5.54 Å². The molecule has 0 radical (unpaired) electrons. The summed E-state index contributed by atoms with van der Waals surface area (Å²) in [5.74, 6) is -0.375. The van der Waals surface area contributed by atoms with E-state index in [2.05, 4.69) is 12.2 Å². The number of hydrogen-bond acceptors (Lipinski definition) is 6. The van der Waals surface area contributed by atoms with E-state index in [1.54, 1.807) is 0 Å². The number of ether oxygens (including phenoxy) is 2. The Bertz CT molecular complexity index is 416. The van der Waals surface area contributed by atoms with Crippen LogP contribution in [-0.2, 0) is 19.1 Å². The molecule has 6 heteroatoms. The number of unbranched alkanes of at least 4 members (excludes halogenated alkanes) is 5. The third-order valence-corrected chi connectivity index (χ3v) is 4.97. The van der Waals surface area contributed by atoms with Gasteiger partial charge in [-0.3, -0.25) is 9.59 Å². The molecular weight excluding hydrogens is 358 g/mol. The summed E-state index contributed by atoms with van der Waals surface area (Å²) < 4.78 is 10.2. The predicted molar refractivity (Wildman–Crippen MR) is 112 cm³/mol. The van der Waals surface area contributed by atoms with E-state index >= 15 is 0 Å². The minimum atomic E-state index is -0.736. The van der Waals surface area contributed by atoms with Gasteiger partial charge in [0.1, 0.15) is 5.54 Å². The number of hydrogen-bond donors (Lipinski definition) is 2. The van der Waals surface area contributed by atoms with Gasteiger partial charge in [0, 0.05) is 6.42 Å². The van der Waals surface area contributed by atoms with Crippen LogP contribution in [0.3, 0.4) is 0 Å². The van der Waals surface area contributed by atoms with Gasteiger partial charge in [-0.25, -0.2) is 0 Å². The molecule has 0 heterocycles. The van der Waals surface area contributed by atoms with Crippen molar-refractivity contribution in [3.05, 3.63) is 0 Å². The van der Waals surface area contributed by atoms with Crippen LogP contribution in [0.4, 0.5) is 0 Å². The van der Waals surface area contributed by atoms with Crippen molar-refractivity contribution in [1.29, 1.82) is 0 Å². The van der Waals surface area contributed by atoms with Gasteiger partial charge in [0.15, 0.2) is 0 Å². The molecule has 0 aliphatic carbocycles. The first kappa shape index (κ1) is 26.9. The fourth-order valence-electron chi connectivity index (χ4n) is 3.18.